The fraction of sp³-hybridized carbons (Fsp3) is 0.667. The number of hydrogen-bond donors (Lipinski definition) is 0. The summed E-state index contributed by atoms with van der Waals surface area (Å²) in [5.41, 5.74) is 0. The van der Waals surface area contributed by atoms with Gasteiger partial charge >= 0.3 is 0 Å². The van der Waals surface area contributed by atoms with E-state index >= 15 is 0 Å². The van der Waals surface area contributed by atoms with Crippen molar-refractivity contribution in [3.05, 3.63) is 6.42 Å². The lowest BCUT2D eigenvalue weighted by molar-refractivity contribution is -0.125. The number of rotatable bonds is 1. The lowest BCUT2D eigenvalue weighted by Gasteiger charge is -2.21. The molecule has 1 rings (SSSR count). The van der Waals surface area contributed by atoms with Gasteiger partial charge in [-0.1, -0.05) is 6.92 Å². The second kappa shape index (κ2) is 1.65. The molecule has 1 fully saturated rings. The highest BCUT2D eigenvalue weighted by Gasteiger charge is 2.23. The zero-order chi connectivity index (χ0) is 5.28. The molecule has 0 amide bonds. The van der Waals surface area contributed by atoms with Gasteiger partial charge in [0.05, 0.1) is 0 Å². The predicted octanol–water partition coefficient (Wildman–Crippen LogP) is 1.19. The van der Waals surface area contributed by atoms with Crippen molar-refractivity contribution >= 4 is 5.78 Å². The Labute approximate surface area is 43.7 Å². The molecule has 0 aliphatic heterocycles. The van der Waals surface area contributed by atoms with Crippen molar-refractivity contribution in [3.63, 3.8) is 0 Å². The quantitative estimate of drug-likeness (QED) is 0.480. The lowest BCUT2D eigenvalue weighted by atomic mass is 9.82. The summed E-state index contributed by atoms with van der Waals surface area (Å²) in [5.74, 6) is 1.04. The van der Waals surface area contributed by atoms with Crippen molar-refractivity contribution < 1.29 is 4.79 Å². The van der Waals surface area contributed by atoms with Gasteiger partial charge < -0.3 is 0 Å². The van der Waals surface area contributed by atoms with E-state index in [2.05, 4.69) is 6.42 Å². The summed E-state index contributed by atoms with van der Waals surface area (Å²) in [5, 5.41) is 0. The fourth-order valence-electron chi connectivity index (χ4n) is 0.761. The molecular weight excluding hydrogens is 88.1 g/mol. The van der Waals surface area contributed by atoms with Gasteiger partial charge in [0.15, 0.2) is 0 Å². The molecule has 1 aliphatic rings. The molecule has 7 heavy (non-hydrogen) atoms. The summed E-state index contributed by atoms with van der Waals surface area (Å²) >= 11 is 0. The molecule has 0 aromatic heterocycles. The number of carbonyl (C=O) groups excluding carboxylic acids is 1. The van der Waals surface area contributed by atoms with Gasteiger partial charge in [0.25, 0.3) is 0 Å². The number of ketones is 1. The molecule has 1 saturated carbocycles. The highest BCUT2D eigenvalue weighted by atomic mass is 16.1. The van der Waals surface area contributed by atoms with Gasteiger partial charge in [0, 0.05) is 12.8 Å². The second-order valence-corrected chi connectivity index (χ2v) is 2.04. The molecule has 1 aliphatic carbocycles. The molecule has 0 spiro atoms. The Balaban J connectivity index is 2.17. The predicted molar refractivity (Wildman–Crippen MR) is 27.7 cm³/mol. The first-order chi connectivity index (χ1) is 3.33. The molecule has 0 atom stereocenters. The topological polar surface area (TPSA) is 17.1 Å². The van der Waals surface area contributed by atoms with E-state index in [1.54, 1.807) is 0 Å². The zero-order valence-electron chi connectivity index (χ0n) is 4.48. The average Bonchev–Trinajstić information content (AvgIpc) is 1.58. The highest BCUT2D eigenvalue weighted by molar-refractivity contribution is 5.84. The van der Waals surface area contributed by atoms with Crippen LogP contribution in [0, 0.1) is 12.3 Å². The molecular formula is C6H9O. The second-order valence-electron chi connectivity index (χ2n) is 2.04. The number of Topliss-reactive ketones (excluding diaryl/α,β-unsaturated/α-hetero) is 1. The Bertz CT molecular complexity index is 78.2. The smallest absolute Gasteiger partial charge is 0.133 e. The van der Waals surface area contributed by atoms with Crippen molar-refractivity contribution in [2.24, 2.45) is 5.92 Å². The van der Waals surface area contributed by atoms with E-state index in [1.807, 2.05) is 6.92 Å². The van der Waals surface area contributed by atoms with Gasteiger partial charge in [0.2, 0.25) is 0 Å². The first-order valence-electron chi connectivity index (χ1n) is 2.64. The molecule has 0 unspecified atom stereocenters. The molecule has 1 nitrogen and oxygen atoms in total. The fourth-order valence-corrected chi connectivity index (χ4v) is 0.761. The van der Waals surface area contributed by atoms with Gasteiger partial charge in [-0.25, -0.2) is 0 Å². The Hall–Kier alpha value is -0.330. The SMILES string of the molecule is C[CH]C1CC(=O)C1. The Morgan fingerprint density at radius 3 is 2.43 bits per heavy atom. The summed E-state index contributed by atoms with van der Waals surface area (Å²) < 4.78 is 0. The highest BCUT2D eigenvalue weighted by Crippen LogP contribution is 2.24. The number of hydrogen-bond acceptors (Lipinski definition) is 1. The van der Waals surface area contributed by atoms with Crippen LogP contribution in [0.25, 0.3) is 0 Å². The van der Waals surface area contributed by atoms with Crippen LogP contribution in [0.3, 0.4) is 0 Å². The molecule has 0 bridgehead atoms. The van der Waals surface area contributed by atoms with E-state index < -0.39 is 0 Å². The van der Waals surface area contributed by atoms with Crippen LogP contribution in [0.1, 0.15) is 19.8 Å². The standard InChI is InChI=1S/C6H9O/c1-2-5-3-6(7)4-5/h2,5H,3-4H2,1H3. The van der Waals surface area contributed by atoms with Crippen LogP contribution in [0.15, 0.2) is 0 Å². The van der Waals surface area contributed by atoms with Crippen LogP contribution in [-0.4, -0.2) is 5.78 Å². The maximum Gasteiger partial charge on any atom is 0.133 e. The largest absolute Gasteiger partial charge is 0.300 e. The normalized spacial score (nSPS) is 22.1. The monoisotopic (exact) mass is 97.1 g/mol. The molecule has 1 heteroatoms. The Kier molecular flexibility index (Phi) is 1.13. The molecule has 0 saturated heterocycles. The maximum atomic E-state index is 10.2. The Morgan fingerprint density at radius 2 is 2.29 bits per heavy atom. The lowest BCUT2D eigenvalue weighted by Crippen LogP contribution is -2.22. The number of carbonyl (C=O) groups is 1. The summed E-state index contributed by atoms with van der Waals surface area (Å²) in [7, 11) is 0. The summed E-state index contributed by atoms with van der Waals surface area (Å²) in [6.07, 6.45) is 3.70. The van der Waals surface area contributed by atoms with Crippen LogP contribution in [0.2, 0.25) is 0 Å². The van der Waals surface area contributed by atoms with Crippen molar-refractivity contribution in [1.29, 1.82) is 0 Å². The third-order valence-corrected chi connectivity index (χ3v) is 1.45. The minimum absolute atomic E-state index is 0.420. The summed E-state index contributed by atoms with van der Waals surface area (Å²) in [6, 6.07) is 0. The summed E-state index contributed by atoms with van der Waals surface area (Å²) in [4.78, 5) is 10.2. The van der Waals surface area contributed by atoms with Gasteiger partial charge in [0.1, 0.15) is 5.78 Å². The van der Waals surface area contributed by atoms with Crippen LogP contribution in [0.4, 0.5) is 0 Å². The molecule has 39 valence electrons. The molecule has 1 radical (unpaired) electrons. The first kappa shape index (κ1) is 4.82. The zero-order valence-corrected chi connectivity index (χ0v) is 4.48. The van der Waals surface area contributed by atoms with E-state index in [9.17, 15) is 4.79 Å². The molecule has 0 heterocycles. The van der Waals surface area contributed by atoms with Crippen molar-refractivity contribution in [2.45, 2.75) is 19.8 Å². The summed E-state index contributed by atoms with van der Waals surface area (Å²) in [6.45, 7) is 2.01. The van der Waals surface area contributed by atoms with E-state index in [0.29, 0.717) is 11.7 Å². The Morgan fingerprint density at radius 1 is 1.71 bits per heavy atom. The van der Waals surface area contributed by atoms with E-state index in [0.717, 1.165) is 12.8 Å². The minimum atomic E-state index is 0.420. The van der Waals surface area contributed by atoms with Gasteiger partial charge in [-0.15, -0.1) is 0 Å². The van der Waals surface area contributed by atoms with E-state index in [1.165, 1.54) is 0 Å². The van der Waals surface area contributed by atoms with Crippen molar-refractivity contribution in [1.82, 2.24) is 0 Å². The third-order valence-electron chi connectivity index (χ3n) is 1.45. The van der Waals surface area contributed by atoms with Crippen LogP contribution in [0.5, 0.6) is 0 Å². The van der Waals surface area contributed by atoms with Crippen LogP contribution < -0.4 is 0 Å². The average molecular weight is 97.1 g/mol. The van der Waals surface area contributed by atoms with Gasteiger partial charge in [-0.05, 0) is 12.3 Å². The van der Waals surface area contributed by atoms with E-state index in [-0.39, 0.29) is 0 Å². The van der Waals surface area contributed by atoms with Crippen molar-refractivity contribution in [2.75, 3.05) is 0 Å². The van der Waals surface area contributed by atoms with Crippen LogP contribution in [-0.2, 0) is 4.79 Å². The van der Waals surface area contributed by atoms with Gasteiger partial charge in [-0.3, -0.25) is 4.79 Å². The molecule has 0 aromatic rings. The molecule has 0 aromatic carbocycles. The van der Waals surface area contributed by atoms with Crippen molar-refractivity contribution in [3.8, 4) is 0 Å². The van der Waals surface area contributed by atoms with Crippen LogP contribution >= 0.6 is 0 Å². The third kappa shape index (κ3) is 0.817. The van der Waals surface area contributed by atoms with E-state index in [4.69, 9.17) is 0 Å². The minimum Gasteiger partial charge on any atom is -0.300 e. The first-order valence-corrected chi connectivity index (χ1v) is 2.64. The maximum absolute atomic E-state index is 10.2. The molecule has 0 N–H and O–H groups in total. The van der Waals surface area contributed by atoms with Gasteiger partial charge in [-0.2, -0.15) is 0 Å².